The van der Waals surface area contributed by atoms with Crippen molar-refractivity contribution in [3.05, 3.63) is 233 Å². The number of ketones is 1. The minimum Gasteiger partial charge on any atom is -0.453 e. The standard InChI is InChI=1S/C53H37NO2/c1-52(2)43-20-10-9-19-39(43)51(55)42-32-35(25-28-44(42)52)34-26-29-45-40(31-34)41-33-38(54-47-21-11-13-23-49(47)56-50-24-14-12-22-48(50)54)27-30-46(41)53(45,36-15-5-3-6-16-36)37-17-7-4-8-18-37/h3-33H,1-2H3. The molecule has 0 radical (unpaired) electrons. The van der Waals surface area contributed by atoms with Crippen LogP contribution in [0.1, 0.15) is 63.1 Å². The Morgan fingerprint density at radius 1 is 0.429 bits per heavy atom. The second-order valence-electron chi connectivity index (χ2n) is 15.6. The van der Waals surface area contributed by atoms with Crippen molar-refractivity contribution in [3.8, 4) is 33.8 Å². The minimum absolute atomic E-state index is 0.0890. The minimum atomic E-state index is -0.551. The van der Waals surface area contributed by atoms with Gasteiger partial charge in [0, 0.05) is 22.2 Å². The lowest BCUT2D eigenvalue weighted by molar-refractivity contribution is 0.103. The fraction of sp³-hybridized carbons (Fsp3) is 0.0755. The molecule has 11 rings (SSSR count). The Bertz CT molecular complexity index is 2800. The number of benzene rings is 8. The first-order valence-electron chi connectivity index (χ1n) is 19.3. The molecule has 3 nitrogen and oxygen atoms in total. The zero-order valence-electron chi connectivity index (χ0n) is 31.2. The molecular weight excluding hydrogens is 683 g/mol. The molecule has 0 aromatic heterocycles. The third-order valence-corrected chi connectivity index (χ3v) is 12.3. The molecule has 0 fully saturated rings. The molecule has 3 heteroatoms. The predicted octanol–water partition coefficient (Wildman–Crippen LogP) is 13.2. The quantitative estimate of drug-likeness (QED) is 0.181. The topological polar surface area (TPSA) is 29.5 Å². The van der Waals surface area contributed by atoms with Crippen LogP contribution in [0.3, 0.4) is 0 Å². The van der Waals surface area contributed by atoms with E-state index in [4.69, 9.17) is 4.74 Å². The smallest absolute Gasteiger partial charge is 0.193 e. The largest absolute Gasteiger partial charge is 0.453 e. The number of rotatable bonds is 4. The molecule has 3 aliphatic rings. The number of carbonyl (C=O) groups is 1. The molecular formula is C53H37NO2. The van der Waals surface area contributed by atoms with E-state index in [-0.39, 0.29) is 11.2 Å². The Labute approximate surface area is 327 Å². The van der Waals surface area contributed by atoms with Crippen LogP contribution in [0, 0.1) is 0 Å². The molecule has 266 valence electrons. The lowest BCUT2D eigenvalue weighted by atomic mass is 9.67. The van der Waals surface area contributed by atoms with Gasteiger partial charge in [0.15, 0.2) is 17.3 Å². The van der Waals surface area contributed by atoms with E-state index in [0.717, 1.165) is 61.9 Å². The van der Waals surface area contributed by atoms with Gasteiger partial charge in [0.05, 0.1) is 16.8 Å². The average molecular weight is 720 g/mol. The Morgan fingerprint density at radius 3 is 1.55 bits per heavy atom. The summed E-state index contributed by atoms with van der Waals surface area (Å²) in [6.07, 6.45) is 0. The maximum atomic E-state index is 14.1. The molecule has 56 heavy (non-hydrogen) atoms. The van der Waals surface area contributed by atoms with Crippen molar-refractivity contribution >= 4 is 22.8 Å². The van der Waals surface area contributed by atoms with Crippen molar-refractivity contribution in [2.75, 3.05) is 4.90 Å². The number of hydrogen-bond donors (Lipinski definition) is 0. The van der Waals surface area contributed by atoms with E-state index in [2.05, 4.69) is 164 Å². The molecule has 0 saturated carbocycles. The first-order valence-corrected chi connectivity index (χ1v) is 19.3. The summed E-state index contributed by atoms with van der Waals surface area (Å²) in [6, 6.07) is 66.7. The zero-order valence-corrected chi connectivity index (χ0v) is 31.2. The van der Waals surface area contributed by atoms with E-state index in [0.29, 0.717) is 0 Å². The van der Waals surface area contributed by atoms with Gasteiger partial charge in [-0.1, -0.05) is 153 Å². The van der Waals surface area contributed by atoms with Crippen LogP contribution in [0.25, 0.3) is 22.3 Å². The fourth-order valence-corrected chi connectivity index (χ4v) is 9.76. The number of nitrogens with zero attached hydrogens (tertiary/aromatic N) is 1. The highest BCUT2D eigenvalue weighted by molar-refractivity contribution is 6.13. The van der Waals surface area contributed by atoms with Crippen molar-refractivity contribution in [2.24, 2.45) is 0 Å². The van der Waals surface area contributed by atoms with Crippen LogP contribution in [0.2, 0.25) is 0 Å². The number of anilines is 3. The maximum absolute atomic E-state index is 14.1. The van der Waals surface area contributed by atoms with Gasteiger partial charge in [-0.25, -0.2) is 0 Å². The second kappa shape index (κ2) is 12.0. The number of para-hydroxylation sites is 4. The van der Waals surface area contributed by atoms with Crippen LogP contribution in [0.5, 0.6) is 11.5 Å². The fourth-order valence-electron chi connectivity index (χ4n) is 9.76. The Hall–Kier alpha value is -6.97. The van der Waals surface area contributed by atoms with Crippen molar-refractivity contribution < 1.29 is 9.53 Å². The van der Waals surface area contributed by atoms with Gasteiger partial charge in [-0.15, -0.1) is 0 Å². The van der Waals surface area contributed by atoms with Crippen molar-refractivity contribution in [1.82, 2.24) is 0 Å². The van der Waals surface area contributed by atoms with E-state index in [1.54, 1.807) is 0 Å². The lowest BCUT2D eigenvalue weighted by Gasteiger charge is -2.35. The van der Waals surface area contributed by atoms with Gasteiger partial charge >= 0.3 is 0 Å². The highest BCUT2D eigenvalue weighted by atomic mass is 16.5. The molecule has 0 amide bonds. The molecule has 0 N–H and O–H groups in total. The Balaban J connectivity index is 1.15. The molecule has 1 heterocycles. The van der Waals surface area contributed by atoms with Gasteiger partial charge in [0.25, 0.3) is 0 Å². The molecule has 8 aromatic carbocycles. The van der Waals surface area contributed by atoms with Gasteiger partial charge in [-0.2, -0.15) is 0 Å². The second-order valence-corrected chi connectivity index (χ2v) is 15.6. The number of fused-ring (bicyclic) bond motifs is 7. The monoisotopic (exact) mass is 719 g/mol. The van der Waals surface area contributed by atoms with E-state index < -0.39 is 5.41 Å². The summed E-state index contributed by atoms with van der Waals surface area (Å²) in [7, 11) is 0. The van der Waals surface area contributed by atoms with Crippen molar-refractivity contribution in [3.63, 3.8) is 0 Å². The molecule has 0 spiro atoms. The van der Waals surface area contributed by atoms with E-state index >= 15 is 0 Å². The van der Waals surface area contributed by atoms with E-state index in [9.17, 15) is 4.79 Å². The van der Waals surface area contributed by atoms with Crippen LogP contribution in [-0.2, 0) is 10.8 Å². The molecule has 0 atom stereocenters. The molecule has 1 aliphatic heterocycles. The van der Waals surface area contributed by atoms with Gasteiger partial charge in [0.1, 0.15) is 0 Å². The van der Waals surface area contributed by atoms with Crippen LogP contribution < -0.4 is 9.64 Å². The van der Waals surface area contributed by atoms with Crippen molar-refractivity contribution in [2.45, 2.75) is 24.7 Å². The van der Waals surface area contributed by atoms with Gasteiger partial charge < -0.3 is 9.64 Å². The summed E-state index contributed by atoms with van der Waals surface area (Å²) in [5.41, 5.74) is 15.3. The first-order chi connectivity index (χ1) is 27.4. The molecule has 0 saturated heterocycles. The van der Waals surface area contributed by atoms with E-state index in [1.165, 1.54) is 33.4 Å². The highest BCUT2D eigenvalue weighted by Crippen LogP contribution is 2.59. The molecule has 2 aliphatic carbocycles. The Kier molecular flexibility index (Phi) is 6.96. The predicted molar refractivity (Wildman–Crippen MR) is 226 cm³/mol. The summed E-state index contributed by atoms with van der Waals surface area (Å²) in [5.74, 6) is 1.74. The zero-order chi connectivity index (χ0) is 37.6. The summed E-state index contributed by atoms with van der Waals surface area (Å²) in [6.45, 7) is 4.44. The summed E-state index contributed by atoms with van der Waals surface area (Å²) in [4.78, 5) is 16.4. The maximum Gasteiger partial charge on any atom is 0.193 e. The SMILES string of the molecule is CC1(C)c2ccccc2C(=O)c2cc(-c3ccc4c(c3)-c3cc(N5c6ccccc6Oc6ccccc65)ccc3C4(c3ccccc3)c3ccccc3)ccc21. The summed E-state index contributed by atoms with van der Waals surface area (Å²) >= 11 is 0. The number of ether oxygens (including phenoxy) is 1. The van der Waals surface area contributed by atoms with Crippen molar-refractivity contribution in [1.29, 1.82) is 0 Å². The number of hydrogen-bond acceptors (Lipinski definition) is 3. The van der Waals surface area contributed by atoms with Gasteiger partial charge in [0.2, 0.25) is 0 Å². The first kappa shape index (κ1) is 32.5. The van der Waals surface area contributed by atoms with E-state index in [1.807, 2.05) is 42.5 Å². The molecule has 8 aromatic rings. The summed E-state index contributed by atoms with van der Waals surface area (Å²) in [5, 5.41) is 0. The van der Waals surface area contributed by atoms with Crippen LogP contribution >= 0.6 is 0 Å². The average Bonchev–Trinajstić information content (AvgIpc) is 3.55. The number of carbonyl (C=O) groups excluding carboxylic acids is 1. The summed E-state index contributed by atoms with van der Waals surface area (Å²) < 4.78 is 6.41. The molecule has 0 unspecified atom stereocenters. The Morgan fingerprint density at radius 2 is 0.911 bits per heavy atom. The van der Waals surface area contributed by atoms with Gasteiger partial charge in [-0.05, 0) is 104 Å². The highest BCUT2D eigenvalue weighted by Gasteiger charge is 2.47. The third-order valence-electron chi connectivity index (χ3n) is 12.3. The third kappa shape index (κ3) is 4.49. The van der Waals surface area contributed by atoms with Crippen LogP contribution in [0.4, 0.5) is 17.1 Å². The van der Waals surface area contributed by atoms with Crippen LogP contribution in [-0.4, -0.2) is 5.78 Å². The molecule has 0 bridgehead atoms. The van der Waals surface area contributed by atoms with Crippen LogP contribution in [0.15, 0.2) is 188 Å². The van der Waals surface area contributed by atoms with Gasteiger partial charge in [-0.3, -0.25) is 4.79 Å². The normalized spacial score (nSPS) is 15.0. The lowest BCUT2D eigenvalue weighted by Crippen LogP contribution is -2.30.